The van der Waals surface area contributed by atoms with Gasteiger partial charge in [0.2, 0.25) is 0 Å². The van der Waals surface area contributed by atoms with E-state index in [4.69, 9.17) is 26.4 Å². The Hall–Kier alpha value is -2.51. The van der Waals surface area contributed by atoms with Gasteiger partial charge in [-0.1, -0.05) is 42.2 Å². The fraction of sp³-hybridized carbons (Fsp3) is 0.304. The highest BCUT2D eigenvalue weighted by atomic mass is 32.2. The number of rotatable bonds is 8. The van der Waals surface area contributed by atoms with Crippen molar-refractivity contribution in [2.45, 2.75) is 20.3 Å². The average Bonchev–Trinajstić information content (AvgIpc) is 2.97. The van der Waals surface area contributed by atoms with Crippen molar-refractivity contribution in [3.63, 3.8) is 0 Å². The van der Waals surface area contributed by atoms with Crippen LogP contribution in [-0.2, 0) is 4.79 Å². The summed E-state index contributed by atoms with van der Waals surface area (Å²) < 4.78 is 17.8. The molecule has 2 aromatic rings. The summed E-state index contributed by atoms with van der Waals surface area (Å²) in [6.07, 6.45) is 2.51. The van der Waals surface area contributed by atoms with Crippen molar-refractivity contribution >= 4 is 40.3 Å². The lowest BCUT2D eigenvalue weighted by Crippen LogP contribution is -2.22. The van der Waals surface area contributed by atoms with Crippen molar-refractivity contribution < 1.29 is 19.0 Å². The normalized spacial score (nSPS) is 15.1. The molecule has 158 valence electrons. The van der Waals surface area contributed by atoms with E-state index >= 15 is 0 Å². The van der Waals surface area contributed by atoms with Crippen LogP contribution in [0.5, 0.6) is 17.2 Å². The highest BCUT2D eigenvalue weighted by Gasteiger charge is 2.29. The van der Waals surface area contributed by atoms with Crippen LogP contribution in [-0.4, -0.2) is 42.5 Å². The number of benzene rings is 2. The maximum atomic E-state index is 12.3. The van der Waals surface area contributed by atoms with Gasteiger partial charge in [0.05, 0.1) is 25.2 Å². The molecule has 1 heterocycles. The van der Waals surface area contributed by atoms with E-state index in [0.29, 0.717) is 40.4 Å². The maximum absolute atomic E-state index is 12.3. The molecule has 0 saturated carbocycles. The Morgan fingerprint density at radius 2 is 1.87 bits per heavy atom. The highest BCUT2D eigenvalue weighted by Crippen LogP contribution is 2.37. The van der Waals surface area contributed by atoms with Crippen LogP contribution in [0.3, 0.4) is 0 Å². The van der Waals surface area contributed by atoms with Gasteiger partial charge in [0.1, 0.15) is 10.1 Å². The molecule has 5 nitrogen and oxygen atoms in total. The summed E-state index contributed by atoms with van der Waals surface area (Å²) in [7, 11) is 3.28. The van der Waals surface area contributed by atoms with Crippen molar-refractivity contribution in [3.8, 4) is 17.2 Å². The lowest BCUT2D eigenvalue weighted by molar-refractivity contribution is -0.121. The summed E-state index contributed by atoms with van der Waals surface area (Å²) in [6.45, 7) is 5.15. The van der Waals surface area contributed by atoms with Gasteiger partial charge < -0.3 is 14.2 Å². The van der Waals surface area contributed by atoms with E-state index in [9.17, 15) is 4.79 Å². The summed E-state index contributed by atoms with van der Waals surface area (Å²) in [5.41, 5.74) is 3.23. The molecule has 1 aliphatic heterocycles. The van der Waals surface area contributed by atoms with Gasteiger partial charge in [-0.25, -0.2) is 0 Å². The predicted molar refractivity (Wildman–Crippen MR) is 125 cm³/mol. The number of thioether (sulfide) groups is 1. The van der Waals surface area contributed by atoms with Gasteiger partial charge >= 0.3 is 0 Å². The van der Waals surface area contributed by atoms with E-state index in [1.165, 1.54) is 27.8 Å². The summed E-state index contributed by atoms with van der Waals surface area (Å²) in [6, 6.07) is 11.7. The summed E-state index contributed by atoms with van der Waals surface area (Å²) >= 11 is 6.49. The molecular weight excluding hydrogens is 418 g/mol. The van der Waals surface area contributed by atoms with Crippen LogP contribution >= 0.6 is 24.0 Å². The second-order valence-electron chi connectivity index (χ2n) is 6.92. The number of para-hydroxylation sites is 1. The van der Waals surface area contributed by atoms with Crippen molar-refractivity contribution in [1.29, 1.82) is 0 Å². The van der Waals surface area contributed by atoms with Crippen LogP contribution in [0.1, 0.15) is 23.1 Å². The zero-order chi connectivity index (χ0) is 21.7. The zero-order valence-corrected chi connectivity index (χ0v) is 19.2. The van der Waals surface area contributed by atoms with Gasteiger partial charge in [0.15, 0.2) is 11.5 Å². The van der Waals surface area contributed by atoms with Crippen molar-refractivity contribution in [1.82, 2.24) is 4.90 Å². The molecule has 1 aliphatic rings. The Kier molecular flexibility index (Phi) is 7.39. The number of carbonyl (C=O) groups is 1. The number of hydrogen-bond donors (Lipinski definition) is 0. The first-order chi connectivity index (χ1) is 14.4. The quantitative estimate of drug-likeness (QED) is 0.325. The number of hydrogen-bond acceptors (Lipinski definition) is 6. The average molecular weight is 444 g/mol. The second kappa shape index (κ2) is 10.00. The third-order valence-corrected chi connectivity index (χ3v) is 6.27. The van der Waals surface area contributed by atoms with Gasteiger partial charge in [-0.05, 0) is 49.2 Å². The number of nitrogens with zero attached hydrogens (tertiary/aromatic N) is 1. The van der Waals surface area contributed by atoms with Crippen LogP contribution in [0, 0.1) is 13.8 Å². The van der Waals surface area contributed by atoms with Crippen LogP contribution < -0.4 is 14.2 Å². The maximum Gasteiger partial charge on any atom is 0.265 e. The predicted octanol–water partition coefficient (Wildman–Crippen LogP) is 4.99. The number of methoxy groups -OCH3 is 1. The van der Waals surface area contributed by atoms with Crippen molar-refractivity contribution in [2.24, 2.45) is 0 Å². The third kappa shape index (κ3) is 5.15. The first-order valence-electron chi connectivity index (χ1n) is 9.62. The van der Waals surface area contributed by atoms with E-state index in [2.05, 4.69) is 19.9 Å². The summed E-state index contributed by atoms with van der Waals surface area (Å²) in [5.74, 6) is 1.97. The topological polar surface area (TPSA) is 48.0 Å². The van der Waals surface area contributed by atoms with E-state index in [0.717, 1.165) is 11.3 Å². The zero-order valence-electron chi connectivity index (χ0n) is 17.6. The van der Waals surface area contributed by atoms with Crippen LogP contribution in [0.25, 0.3) is 6.08 Å². The molecular formula is C23H25NO4S2. The molecule has 7 heteroatoms. The molecule has 3 rings (SSSR count). The minimum absolute atomic E-state index is 0.111. The Bertz CT molecular complexity index is 987. The van der Waals surface area contributed by atoms with Gasteiger partial charge in [-0.2, -0.15) is 0 Å². The fourth-order valence-corrected chi connectivity index (χ4v) is 4.05. The second-order valence-corrected chi connectivity index (χ2v) is 8.59. The monoisotopic (exact) mass is 443 g/mol. The first-order valence-corrected chi connectivity index (χ1v) is 10.8. The Balaban J connectivity index is 1.64. The molecule has 0 unspecified atom stereocenters. The van der Waals surface area contributed by atoms with Gasteiger partial charge in [-0.3, -0.25) is 9.69 Å². The van der Waals surface area contributed by atoms with Gasteiger partial charge in [-0.15, -0.1) is 0 Å². The van der Waals surface area contributed by atoms with E-state index in [1.807, 2.05) is 30.3 Å². The van der Waals surface area contributed by atoms with Crippen molar-refractivity contribution in [3.05, 3.63) is 58.0 Å². The number of likely N-dealkylation sites (N-methyl/N-ethyl adjacent to an activating group) is 1. The van der Waals surface area contributed by atoms with Crippen LogP contribution in [0.4, 0.5) is 0 Å². The lowest BCUT2D eigenvalue weighted by atomic mass is 10.1. The largest absolute Gasteiger partial charge is 0.493 e. The molecule has 0 aromatic heterocycles. The van der Waals surface area contributed by atoms with Gasteiger partial charge in [0, 0.05) is 19.0 Å². The molecule has 1 fully saturated rings. The molecule has 30 heavy (non-hydrogen) atoms. The standard InChI is InChI=1S/C23H25NO4S2/c1-15-9-10-18(13-16(15)2)27-11-6-12-28-21-17(7-5-8-19(21)26-4)14-20-22(25)24(3)23(29)30-20/h5,7-10,13-14H,6,11-12H2,1-4H3. The Labute approximate surface area is 187 Å². The Morgan fingerprint density at radius 3 is 2.53 bits per heavy atom. The fourth-order valence-electron chi connectivity index (χ4n) is 2.88. The number of carbonyl (C=O) groups excluding carboxylic acids is 1. The molecule has 1 saturated heterocycles. The minimum Gasteiger partial charge on any atom is -0.493 e. The van der Waals surface area contributed by atoms with Crippen LogP contribution in [0.2, 0.25) is 0 Å². The van der Waals surface area contributed by atoms with Crippen LogP contribution in [0.15, 0.2) is 41.3 Å². The summed E-state index contributed by atoms with van der Waals surface area (Å²) in [5, 5.41) is 0. The molecule has 2 aromatic carbocycles. The highest BCUT2D eigenvalue weighted by molar-refractivity contribution is 8.26. The summed E-state index contributed by atoms with van der Waals surface area (Å²) in [4.78, 5) is 14.4. The molecule has 0 aliphatic carbocycles. The molecule has 0 bridgehead atoms. The van der Waals surface area contributed by atoms with Gasteiger partial charge in [0.25, 0.3) is 5.91 Å². The van der Waals surface area contributed by atoms with E-state index in [-0.39, 0.29) is 5.91 Å². The SMILES string of the molecule is COc1cccc(C=C2SC(=S)N(C)C2=O)c1OCCCOc1ccc(C)c(C)c1. The molecule has 0 N–H and O–H groups in total. The lowest BCUT2D eigenvalue weighted by Gasteiger charge is -2.14. The number of aryl methyl sites for hydroxylation is 2. The number of thiocarbonyl (C=S) groups is 1. The molecule has 0 atom stereocenters. The van der Waals surface area contributed by atoms with E-state index in [1.54, 1.807) is 20.2 Å². The smallest absolute Gasteiger partial charge is 0.265 e. The minimum atomic E-state index is -0.111. The Morgan fingerprint density at radius 1 is 1.10 bits per heavy atom. The number of amides is 1. The third-order valence-electron chi connectivity index (χ3n) is 4.78. The van der Waals surface area contributed by atoms with Crippen molar-refractivity contribution in [2.75, 3.05) is 27.4 Å². The molecule has 0 radical (unpaired) electrons. The molecule has 1 amide bonds. The first kappa shape index (κ1) is 22.2. The number of ether oxygens (including phenoxy) is 3. The molecule has 0 spiro atoms. The van der Waals surface area contributed by atoms with E-state index < -0.39 is 0 Å².